The Kier molecular flexibility index (Phi) is 5.47. The summed E-state index contributed by atoms with van der Waals surface area (Å²) in [6.45, 7) is 2.11. The monoisotopic (exact) mass is 242 g/mol. The molecule has 0 aliphatic carbocycles. The smallest absolute Gasteiger partial charge is 0.167 e. The predicted octanol–water partition coefficient (Wildman–Crippen LogP) is 4.63. The van der Waals surface area contributed by atoms with E-state index in [1.54, 1.807) is 6.07 Å². The Bertz CT molecular complexity index is 343. The molecule has 0 bridgehead atoms. The number of carbonyl (C=O) groups is 1. The number of hydrogen-bond donors (Lipinski definition) is 0. The number of unbranched alkanes of at least 4 members (excludes halogenated alkanes) is 3. The number of hydrogen-bond acceptors (Lipinski definition) is 1. The zero-order valence-electron chi connectivity index (χ0n) is 9.43. The molecule has 16 heavy (non-hydrogen) atoms. The standard InChI is InChI=1S/C13H16ClFO/c1-2-3-4-5-9-12(16)13-10(14)7-6-8-11(13)15/h6-8H,2-5,9H2,1H3. The molecule has 0 aromatic heterocycles. The number of Topliss-reactive ketones (excluding diaryl/α,β-unsaturated/α-hetero) is 1. The average molecular weight is 243 g/mol. The third kappa shape index (κ3) is 3.60. The molecule has 0 heterocycles. The number of halogens is 2. The van der Waals surface area contributed by atoms with Gasteiger partial charge in [0, 0.05) is 6.42 Å². The fraction of sp³-hybridized carbons (Fsp3) is 0.462. The summed E-state index contributed by atoms with van der Waals surface area (Å²) >= 11 is 5.80. The summed E-state index contributed by atoms with van der Waals surface area (Å²) in [5.41, 5.74) is 0.0423. The highest BCUT2D eigenvalue weighted by atomic mass is 35.5. The van der Waals surface area contributed by atoms with Crippen LogP contribution in [0.3, 0.4) is 0 Å². The van der Waals surface area contributed by atoms with Crippen LogP contribution in [-0.4, -0.2) is 5.78 Å². The minimum atomic E-state index is -0.520. The van der Waals surface area contributed by atoms with Gasteiger partial charge in [-0.15, -0.1) is 0 Å². The van der Waals surface area contributed by atoms with Crippen LogP contribution < -0.4 is 0 Å². The Morgan fingerprint density at radius 1 is 1.31 bits per heavy atom. The van der Waals surface area contributed by atoms with E-state index in [1.807, 2.05) is 0 Å². The van der Waals surface area contributed by atoms with E-state index in [0.717, 1.165) is 25.7 Å². The van der Waals surface area contributed by atoms with E-state index >= 15 is 0 Å². The number of carbonyl (C=O) groups excluding carboxylic acids is 1. The first kappa shape index (κ1) is 13.2. The molecule has 3 heteroatoms. The normalized spacial score (nSPS) is 10.4. The molecule has 88 valence electrons. The van der Waals surface area contributed by atoms with Crippen LogP contribution >= 0.6 is 11.6 Å². The molecular weight excluding hydrogens is 227 g/mol. The van der Waals surface area contributed by atoms with E-state index in [4.69, 9.17) is 11.6 Å². The third-order valence-electron chi connectivity index (χ3n) is 2.50. The number of rotatable bonds is 6. The molecule has 0 N–H and O–H groups in total. The van der Waals surface area contributed by atoms with Crippen LogP contribution in [0.2, 0.25) is 5.02 Å². The van der Waals surface area contributed by atoms with E-state index in [2.05, 4.69) is 6.92 Å². The molecule has 1 aromatic rings. The van der Waals surface area contributed by atoms with Gasteiger partial charge in [0.2, 0.25) is 0 Å². The van der Waals surface area contributed by atoms with Crippen molar-refractivity contribution in [1.82, 2.24) is 0 Å². The molecule has 0 unspecified atom stereocenters. The molecule has 1 aromatic carbocycles. The summed E-state index contributed by atoms with van der Waals surface area (Å²) < 4.78 is 13.4. The predicted molar refractivity (Wildman–Crippen MR) is 64.5 cm³/mol. The van der Waals surface area contributed by atoms with Gasteiger partial charge in [0.15, 0.2) is 5.78 Å². The Labute approximate surface area is 101 Å². The summed E-state index contributed by atoms with van der Waals surface area (Å²) in [6.07, 6.45) is 4.42. The lowest BCUT2D eigenvalue weighted by Gasteiger charge is -2.04. The van der Waals surface area contributed by atoms with Gasteiger partial charge in [-0.2, -0.15) is 0 Å². The average Bonchev–Trinajstić information content (AvgIpc) is 2.24. The van der Waals surface area contributed by atoms with Gasteiger partial charge in [-0.1, -0.05) is 43.9 Å². The van der Waals surface area contributed by atoms with Crippen LogP contribution in [0.25, 0.3) is 0 Å². The summed E-state index contributed by atoms with van der Waals surface area (Å²) in [6, 6.07) is 4.32. The molecule has 1 nitrogen and oxygen atoms in total. The first-order chi connectivity index (χ1) is 7.66. The zero-order valence-corrected chi connectivity index (χ0v) is 10.2. The van der Waals surface area contributed by atoms with Gasteiger partial charge in [0.25, 0.3) is 0 Å². The number of benzene rings is 1. The summed E-state index contributed by atoms with van der Waals surface area (Å²) in [5, 5.41) is 0.209. The molecule has 0 saturated carbocycles. The molecule has 0 radical (unpaired) electrons. The summed E-state index contributed by atoms with van der Waals surface area (Å²) in [5.74, 6) is -0.716. The van der Waals surface area contributed by atoms with Crippen LogP contribution in [0, 0.1) is 5.82 Å². The minimum Gasteiger partial charge on any atom is -0.294 e. The van der Waals surface area contributed by atoms with Crippen LogP contribution in [0.15, 0.2) is 18.2 Å². The topological polar surface area (TPSA) is 17.1 Å². The lowest BCUT2D eigenvalue weighted by Crippen LogP contribution is -2.03. The van der Waals surface area contributed by atoms with Crippen molar-refractivity contribution in [3.05, 3.63) is 34.6 Å². The van der Waals surface area contributed by atoms with Gasteiger partial charge in [-0.05, 0) is 18.6 Å². The van der Waals surface area contributed by atoms with Gasteiger partial charge in [-0.25, -0.2) is 4.39 Å². The van der Waals surface area contributed by atoms with Crippen molar-refractivity contribution in [2.24, 2.45) is 0 Å². The Hall–Kier alpha value is -0.890. The molecule has 0 saturated heterocycles. The van der Waals surface area contributed by atoms with Gasteiger partial charge in [-0.3, -0.25) is 4.79 Å². The molecule has 0 spiro atoms. The van der Waals surface area contributed by atoms with Gasteiger partial charge in [0.1, 0.15) is 5.82 Å². The number of ketones is 1. The van der Waals surface area contributed by atoms with Crippen LogP contribution in [0.5, 0.6) is 0 Å². The molecule has 1 rings (SSSR count). The summed E-state index contributed by atoms with van der Waals surface area (Å²) in [4.78, 5) is 11.7. The molecule has 0 amide bonds. The quantitative estimate of drug-likeness (QED) is 0.525. The summed E-state index contributed by atoms with van der Waals surface area (Å²) in [7, 11) is 0. The first-order valence-corrected chi connectivity index (χ1v) is 6.01. The largest absolute Gasteiger partial charge is 0.294 e. The molecule has 0 aliphatic rings. The molecule has 0 aliphatic heterocycles. The SMILES string of the molecule is CCCCCCC(=O)c1c(F)cccc1Cl. The van der Waals surface area contributed by atoms with E-state index in [1.165, 1.54) is 12.1 Å². The molecule has 0 fully saturated rings. The Morgan fingerprint density at radius 3 is 2.69 bits per heavy atom. The van der Waals surface area contributed by atoms with Gasteiger partial charge >= 0.3 is 0 Å². The van der Waals surface area contributed by atoms with Crippen molar-refractivity contribution >= 4 is 17.4 Å². The lowest BCUT2D eigenvalue weighted by atomic mass is 10.0. The highest BCUT2D eigenvalue weighted by Gasteiger charge is 2.14. The Morgan fingerprint density at radius 2 is 2.06 bits per heavy atom. The van der Waals surface area contributed by atoms with Crippen LogP contribution in [0.4, 0.5) is 4.39 Å². The first-order valence-electron chi connectivity index (χ1n) is 5.64. The molecule has 0 atom stereocenters. The van der Waals surface area contributed by atoms with Gasteiger partial charge in [0.05, 0.1) is 10.6 Å². The Balaban J connectivity index is 2.59. The van der Waals surface area contributed by atoms with E-state index in [9.17, 15) is 9.18 Å². The highest BCUT2D eigenvalue weighted by Crippen LogP contribution is 2.21. The lowest BCUT2D eigenvalue weighted by molar-refractivity contribution is 0.0975. The maximum Gasteiger partial charge on any atom is 0.167 e. The highest BCUT2D eigenvalue weighted by molar-refractivity contribution is 6.34. The van der Waals surface area contributed by atoms with Crippen LogP contribution in [-0.2, 0) is 0 Å². The molecular formula is C13H16ClFO. The van der Waals surface area contributed by atoms with Crippen molar-refractivity contribution < 1.29 is 9.18 Å². The third-order valence-corrected chi connectivity index (χ3v) is 2.81. The second kappa shape index (κ2) is 6.64. The van der Waals surface area contributed by atoms with Crippen molar-refractivity contribution in [2.75, 3.05) is 0 Å². The van der Waals surface area contributed by atoms with Gasteiger partial charge < -0.3 is 0 Å². The second-order valence-electron chi connectivity index (χ2n) is 3.83. The minimum absolute atomic E-state index is 0.0423. The van der Waals surface area contributed by atoms with Crippen molar-refractivity contribution in [3.8, 4) is 0 Å². The maximum absolute atomic E-state index is 13.4. The van der Waals surface area contributed by atoms with Crippen molar-refractivity contribution in [3.63, 3.8) is 0 Å². The van der Waals surface area contributed by atoms with E-state index in [-0.39, 0.29) is 16.4 Å². The van der Waals surface area contributed by atoms with Crippen LogP contribution in [0.1, 0.15) is 49.4 Å². The second-order valence-corrected chi connectivity index (χ2v) is 4.24. The maximum atomic E-state index is 13.4. The zero-order chi connectivity index (χ0) is 12.0. The van der Waals surface area contributed by atoms with E-state index in [0.29, 0.717) is 6.42 Å². The fourth-order valence-corrected chi connectivity index (χ4v) is 1.87. The van der Waals surface area contributed by atoms with Crippen molar-refractivity contribution in [2.45, 2.75) is 39.0 Å². The van der Waals surface area contributed by atoms with E-state index < -0.39 is 5.82 Å². The van der Waals surface area contributed by atoms with Crippen molar-refractivity contribution in [1.29, 1.82) is 0 Å². The fourth-order valence-electron chi connectivity index (χ4n) is 1.60.